The molecule has 2 aromatic rings. The van der Waals surface area contributed by atoms with E-state index in [1.807, 2.05) is 0 Å². The highest BCUT2D eigenvalue weighted by Gasteiger charge is 2.32. The average Bonchev–Trinajstić information content (AvgIpc) is 2.64. The fourth-order valence-corrected chi connectivity index (χ4v) is 4.18. The number of carbonyl (C=O) groups is 1. The Hall–Kier alpha value is -2.85. The SMILES string of the molecule is CC[C@@H](C(=O)Nc1cc([N+](=O)[O-])ccc1OC)N(c1cccc(Cl)c1)S(C)(=O)=O. The van der Waals surface area contributed by atoms with Gasteiger partial charge in [-0.05, 0) is 30.7 Å². The molecule has 1 atom stereocenters. The molecule has 0 unspecified atom stereocenters. The molecule has 0 fully saturated rings. The monoisotopic (exact) mass is 441 g/mol. The van der Waals surface area contributed by atoms with E-state index in [0.717, 1.165) is 16.6 Å². The number of hydrogen-bond acceptors (Lipinski definition) is 6. The number of sulfonamides is 1. The van der Waals surface area contributed by atoms with Crippen LogP contribution in [0.1, 0.15) is 13.3 Å². The number of amides is 1. The van der Waals surface area contributed by atoms with Gasteiger partial charge in [-0.1, -0.05) is 24.6 Å². The number of nitro groups is 1. The first-order chi connectivity index (χ1) is 13.6. The van der Waals surface area contributed by atoms with Gasteiger partial charge in [-0.25, -0.2) is 8.42 Å². The first kappa shape index (κ1) is 22.4. The summed E-state index contributed by atoms with van der Waals surface area (Å²) in [6.45, 7) is 1.65. The number of methoxy groups -OCH3 is 1. The lowest BCUT2D eigenvalue weighted by Gasteiger charge is -2.30. The zero-order valence-electron chi connectivity index (χ0n) is 16.0. The second-order valence-corrected chi connectivity index (χ2v) is 8.39. The van der Waals surface area contributed by atoms with Crippen molar-refractivity contribution in [2.75, 3.05) is 23.0 Å². The number of anilines is 2. The minimum atomic E-state index is -3.85. The molecular weight excluding hydrogens is 422 g/mol. The number of hydrogen-bond donors (Lipinski definition) is 1. The van der Waals surface area contributed by atoms with Crippen LogP contribution in [0.5, 0.6) is 5.75 Å². The number of carbonyl (C=O) groups excluding carboxylic acids is 1. The number of halogens is 1. The largest absolute Gasteiger partial charge is 0.495 e. The molecule has 9 nitrogen and oxygen atoms in total. The molecule has 2 rings (SSSR count). The molecule has 0 saturated carbocycles. The fourth-order valence-electron chi connectivity index (χ4n) is 2.80. The maximum atomic E-state index is 13.0. The third kappa shape index (κ3) is 5.36. The Kier molecular flexibility index (Phi) is 7.04. The highest BCUT2D eigenvalue weighted by Crippen LogP contribution is 2.30. The lowest BCUT2D eigenvalue weighted by molar-refractivity contribution is -0.384. The molecule has 0 bridgehead atoms. The number of nitrogens with zero attached hydrogens (tertiary/aromatic N) is 2. The van der Waals surface area contributed by atoms with Gasteiger partial charge in [0.1, 0.15) is 11.8 Å². The van der Waals surface area contributed by atoms with Gasteiger partial charge in [0.05, 0.1) is 29.7 Å². The van der Waals surface area contributed by atoms with Crippen molar-refractivity contribution in [1.82, 2.24) is 0 Å². The Bertz CT molecular complexity index is 1030. The first-order valence-corrected chi connectivity index (χ1v) is 10.7. The summed E-state index contributed by atoms with van der Waals surface area (Å²) in [5.74, 6) is -0.468. The highest BCUT2D eigenvalue weighted by molar-refractivity contribution is 7.92. The van der Waals surface area contributed by atoms with Crippen molar-refractivity contribution in [2.24, 2.45) is 0 Å². The van der Waals surface area contributed by atoms with Crippen molar-refractivity contribution < 1.29 is 22.9 Å². The third-order valence-electron chi connectivity index (χ3n) is 4.04. The molecule has 0 radical (unpaired) electrons. The summed E-state index contributed by atoms with van der Waals surface area (Å²) in [5, 5.41) is 13.9. The fraction of sp³-hybridized carbons (Fsp3) is 0.278. The normalized spacial score (nSPS) is 12.1. The van der Waals surface area contributed by atoms with E-state index in [9.17, 15) is 23.3 Å². The Morgan fingerprint density at radius 3 is 2.52 bits per heavy atom. The molecule has 0 heterocycles. The van der Waals surface area contributed by atoms with Gasteiger partial charge in [-0.2, -0.15) is 0 Å². The summed E-state index contributed by atoms with van der Waals surface area (Å²) < 4.78 is 31.0. The van der Waals surface area contributed by atoms with Crippen molar-refractivity contribution in [3.63, 3.8) is 0 Å². The maximum absolute atomic E-state index is 13.0. The summed E-state index contributed by atoms with van der Waals surface area (Å²) in [6.07, 6.45) is 1.13. The molecule has 29 heavy (non-hydrogen) atoms. The molecule has 0 spiro atoms. The summed E-state index contributed by atoms with van der Waals surface area (Å²) in [6, 6.07) is 8.73. The van der Waals surface area contributed by atoms with Crippen LogP contribution in [0.15, 0.2) is 42.5 Å². The number of benzene rings is 2. The van der Waals surface area contributed by atoms with Crippen LogP contribution in [0, 0.1) is 10.1 Å². The number of non-ortho nitro benzene ring substituents is 1. The summed E-state index contributed by atoms with van der Waals surface area (Å²) in [7, 11) is -2.50. The van der Waals surface area contributed by atoms with Crippen molar-refractivity contribution in [3.8, 4) is 5.75 Å². The molecule has 156 valence electrons. The van der Waals surface area contributed by atoms with Gasteiger partial charge >= 0.3 is 0 Å². The van der Waals surface area contributed by atoms with E-state index in [1.165, 1.54) is 31.4 Å². The van der Waals surface area contributed by atoms with E-state index in [-0.39, 0.29) is 29.2 Å². The number of rotatable bonds is 8. The Morgan fingerprint density at radius 2 is 2.00 bits per heavy atom. The van der Waals surface area contributed by atoms with Crippen LogP contribution in [-0.2, 0) is 14.8 Å². The van der Waals surface area contributed by atoms with Crippen molar-refractivity contribution >= 4 is 44.6 Å². The van der Waals surface area contributed by atoms with Gasteiger partial charge in [-0.3, -0.25) is 19.2 Å². The molecule has 11 heteroatoms. The predicted molar refractivity (Wildman–Crippen MR) is 111 cm³/mol. The smallest absolute Gasteiger partial charge is 0.271 e. The standard InChI is InChI=1S/C18H20ClN3O6S/c1-4-16(21(29(3,26)27)13-7-5-6-12(19)10-13)18(23)20-15-11-14(22(24)25)8-9-17(15)28-2/h5-11,16H,4H2,1-3H3,(H,20,23)/t16-/m0/s1. The Morgan fingerprint density at radius 1 is 1.31 bits per heavy atom. The second kappa shape index (κ2) is 9.10. The number of ether oxygens (including phenoxy) is 1. The molecular formula is C18H20ClN3O6S. The van der Waals surface area contributed by atoms with Crippen LogP contribution < -0.4 is 14.4 Å². The topological polar surface area (TPSA) is 119 Å². The third-order valence-corrected chi connectivity index (χ3v) is 5.46. The molecule has 0 aliphatic rings. The van der Waals surface area contributed by atoms with Crippen LogP contribution in [0.2, 0.25) is 5.02 Å². The lowest BCUT2D eigenvalue weighted by Crippen LogP contribution is -2.47. The van der Waals surface area contributed by atoms with Gasteiger partial charge in [0.2, 0.25) is 15.9 Å². The molecule has 0 aliphatic heterocycles. The molecule has 1 amide bonds. The van der Waals surface area contributed by atoms with Gasteiger partial charge in [0.15, 0.2) is 0 Å². The van der Waals surface area contributed by atoms with Crippen molar-refractivity contribution in [3.05, 3.63) is 57.6 Å². The molecule has 0 aromatic heterocycles. The van der Waals surface area contributed by atoms with E-state index in [2.05, 4.69) is 5.32 Å². The molecule has 2 aromatic carbocycles. The maximum Gasteiger partial charge on any atom is 0.271 e. The second-order valence-electron chi connectivity index (χ2n) is 6.09. The van der Waals surface area contributed by atoms with Crippen LogP contribution >= 0.6 is 11.6 Å². The summed E-state index contributed by atoms with van der Waals surface area (Å²) in [4.78, 5) is 23.4. The van der Waals surface area contributed by atoms with Crippen LogP contribution in [0.4, 0.5) is 17.1 Å². The van der Waals surface area contributed by atoms with E-state index >= 15 is 0 Å². The zero-order valence-corrected chi connectivity index (χ0v) is 17.5. The molecule has 1 N–H and O–H groups in total. The van der Waals surface area contributed by atoms with Crippen molar-refractivity contribution in [2.45, 2.75) is 19.4 Å². The van der Waals surface area contributed by atoms with Crippen molar-refractivity contribution in [1.29, 1.82) is 0 Å². The van der Waals surface area contributed by atoms with E-state index in [1.54, 1.807) is 19.1 Å². The molecule has 0 saturated heterocycles. The molecule has 0 aliphatic carbocycles. The lowest BCUT2D eigenvalue weighted by atomic mass is 10.1. The van der Waals surface area contributed by atoms with E-state index in [0.29, 0.717) is 5.02 Å². The quantitative estimate of drug-likeness (QED) is 0.495. The van der Waals surface area contributed by atoms with E-state index < -0.39 is 26.9 Å². The number of nitro benzene ring substituents is 1. The van der Waals surface area contributed by atoms with Crippen LogP contribution in [0.3, 0.4) is 0 Å². The first-order valence-electron chi connectivity index (χ1n) is 8.46. The van der Waals surface area contributed by atoms with Gasteiger partial charge in [-0.15, -0.1) is 0 Å². The van der Waals surface area contributed by atoms with Gasteiger partial charge in [0, 0.05) is 17.2 Å². The highest BCUT2D eigenvalue weighted by atomic mass is 35.5. The van der Waals surface area contributed by atoms with E-state index in [4.69, 9.17) is 16.3 Å². The Balaban J connectivity index is 2.45. The number of nitrogens with one attached hydrogen (secondary N) is 1. The minimum absolute atomic E-state index is 0.0599. The van der Waals surface area contributed by atoms with Gasteiger partial charge in [0.25, 0.3) is 5.69 Å². The van der Waals surface area contributed by atoms with Crippen LogP contribution in [-0.4, -0.2) is 38.7 Å². The zero-order chi connectivity index (χ0) is 21.8. The van der Waals surface area contributed by atoms with Gasteiger partial charge < -0.3 is 10.1 Å². The summed E-state index contributed by atoms with van der Waals surface area (Å²) >= 11 is 5.98. The predicted octanol–water partition coefficient (Wildman–Crippen LogP) is 3.44. The minimum Gasteiger partial charge on any atom is -0.495 e. The Labute approximate surface area is 173 Å². The van der Waals surface area contributed by atoms with Crippen LogP contribution in [0.25, 0.3) is 0 Å². The average molecular weight is 442 g/mol. The summed E-state index contributed by atoms with van der Waals surface area (Å²) in [5.41, 5.74) is 0.0432.